The molecule has 0 saturated carbocycles. The average molecular weight is 251 g/mol. The third kappa shape index (κ3) is 6.94. The van der Waals surface area contributed by atoms with Gasteiger partial charge in [-0.2, -0.15) is 0 Å². The molecule has 0 fully saturated rings. The molecular formula is C9H26O2Si3. The third-order valence-electron chi connectivity index (χ3n) is 2.13. The molecular weight excluding hydrogens is 224 g/mol. The Morgan fingerprint density at radius 1 is 1.21 bits per heavy atom. The van der Waals surface area contributed by atoms with E-state index in [0.717, 1.165) is 5.54 Å². The van der Waals surface area contributed by atoms with E-state index in [4.69, 9.17) is 8.23 Å². The molecule has 0 aliphatic rings. The first-order chi connectivity index (χ1) is 6.41. The van der Waals surface area contributed by atoms with Crippen LogP contribution in [0.2, 0.25) is 30.7 Å². The third-order valence-corrected chi connectivity index (χ3v) is 11.7. The molecule has 0 heterocycles. The minimum Gasteiger partial charge on any atom is -0.442 e. The fraction of sp³-hybridized carbons (Fsp3) is 1.00. The van der Waals surface area contributed by atoms with Crippen LogP contribution in [0.1, 0.15) is 27.7 Å². The summed E-state index contributed by atoms with van der Waals surface area (Å²) in [7, 11) is -3.03. The topological polar surface area (TPSA) is 18.5 Å². The van der Waals surface area contributed by atoms with E-state index in [0.29, 0.717) is 0 Å². The molecule has 0 radical (unpaired) electrons. The quantitative estimate of drug-likeness (QED) is 0.646. The van der Waals surface area contributed by atoms with Gasteiger partial charge < -0.3 is 8.23 Å². The Morgan fingerprint density at radius 2 is 1.71 bits per heavy atom. The normalized spacial score (nSPS) is 13.7. The van der Waals surface area contributed by atoms with E-state index < -0.39 is 17.6 Å². The highest BCUT2D eigenvalue weighted by Crippen LogP contribution is 2.14. The Morgan fingerprint density at radius 3 is 2.07 bits per heavy atom. The van der Waals surface area contributed by atoms with Crippen LogP contribution in [0.4, 0.5) is 0 Å². The zero-order valence-electron chi connectivity index (χ0n) is 10.6. The summed E-state index contributed by atoms with van der Waals surface area (Å²) >= 11 is 0. The average Bonchev–Trinajstić information content (AvgIpc) is 2.11. The highest BCUT2D eigenvalue weighted by Gasteiger charge is 2.27. The van der Waals surface area contributed by atoms with Crippen LogP contribution in [0.3, 0.4) is 0 Å². The van der Waals surface area contributed by atoms with Crippen LogP contribution < -0.4 is 0 Å². The van der Waals surface area contributed by atoms with Gasteiger partial charge in [-0.05, 0) is 30.7 Å². The number of hydrogen-bond acceptors (Lipinski definition) is 2. The van der Waals surface area contributed by atoms with Crippen molar-refractivity contribution in [2.75, 3.05) is 0 Å². The zero-order valence-corrected chi connectivity index (χ0v) is 14.2. The monoisotopic (exact) mass is 250 g/mol. The highest BCUT2D eigenvalue weighted by molar-refractivity contribution is 6.76. The van der Waals surface area contributed by atoms with Gasteiger partial charge in [0.15, 0.2) is 18.8 Å². The van der Waals surface area contributed by atoms with Gasteiger partial charge in [0.25, 0.3) is 0 Å². The molecule has 0 amide bonds. The van der Waals surface area contributed by atoms with Gasteiger partial charge in [0.1, 0.15) is 0 Å². The van der Waals surface area contributed by atoms with Crippen LogP contribution in [0.15, 0.2) is 0 Å². The van der Waals surface area contributed by atoms with Crippen molar-refractivity contribution in [3.8, 4) is 0 Å². The van der Waals surface area contributed by atoms with Gasteiger partial charge in [0.2, 0.25) is 0 Å². The van der Waals surface area contributed by atoms with Crippen LogP contribution in [0.25, 0.3) is 0 Å². The fourth-order valence-corrected chi connectivity index (χ4v) is 10.2. The zero-order chi connectivity index (χ0) is 11.2. The first kappa shape index (κ1) is 14.6. The fourth-order valence-electron chi connectivity index (χ4n) is 1.26. The van der Waals surface area contributed by atoms with E-state index in [1.807, 2.05) is 0 Å². The maximum atomic E-state index is 6.18. The Bertz CT molecular complexity index is 147. The van der Waals surface area contributed by atoms with Gasteiger partial charge in [-0.3, -0.25) is 0 Å². The predicted octanol–water partition coefficient (Wildman–Crippen LogP) is 2.40. The maximum absolute atomic E-state index is 6.18. The Hall–Kier alpha value is 0.571. The van der Waals surface area contributed by atoms with Gasteiger partial charge in [0, 0.05) is 0 Å². The van der Waals surface area contributed by atoms with Gasteiger partial charge in [-0.1, -0.05) is 27.7 Å². The lowest BCUT2D eigenvalue weighted by Gasteiger charge is -2.28. The van der Waals surface area contributed by atoms with Crippen LogP contribution >= 0.6 is 0 Å². The summed E-state index contributed by atoms with van der Waals surface area (Å²) in [4.78, 5) is 0. The maximum Gasteiger partial charge on any atom is 0.310 e. The summed E-state index contributed by atoms with van der Waals surface area (Å²) < 4.78 is 12.2. The van der Waals surface area contributed by atoms with Crippen LogP contribution in [-0.4, -0.2) is 27.4 Å². The van der Waals surface area contributed by atoms with Gasteiger partial charge in [-0.25, -0.2) is 0 Å². The molecule has 14 heavy (non-hydrogen) atoms. The van der Waals surface area contributed by atoms with Crippen molar-refractivity contribution in [1.29, 1.82) is 0 Å². The van der Waals surface area contributed by atoms with Crippen LogP contribution in [0.5, 0.6) is 0 Å². The second kappa shape index (κ2) is 6.95. The molecule has 0 spiro atoms. The molecule has 0 bridgehead atoms. The van der Waals surface area contributed by atoms with Gasteiger partial charge in [0.05, 0.1) is 0 Å². The summed E-state index contributed by atoms with van der Waals surface area (Å²) in [5.41, 5.74) is 0.744. The molecule has 86 valence electrons. The van der Waals surface area contributed by atoms with Crippen LogP contribution in [0, 0.1) is 0 Å². The lowest BCUT2D eigenvalue weighted by atomic mass is 10.6. The van der Waals surface area contributed by atoms with Crippen LogP contribution in [-0.2, 0) is 8.23 Å². The van der Waals surface area contributed by atoms with Crippen molar-refractivity contribution in [2.24, 2.45) is 0 Å². The minimum absolute atomic E-state index is 0.357. The number of rotatable bonds is 7. The molecule has 0 rings (SSSR count). The summed E-state index contributed by atoms with van der Waals surface area (Å²) in [6.07, 6.45) is 0. The summed E-state index contributed by atoms with van der Waals surface area (Å²) in [6, 6.07) is 2.47. The molecule has 0 atom stereocenters. The van der Waals surface area contributed by atoms with E-state index in [2.05, 4.69) is 40.8 Å². The SMILES string of the molecule is CC[SiH](CC)O[Si](C)(C)O[SiH2]C(C)C. The molecule has 5 heteroatoms. The van der Waals surface area contributed by atoms with Crippen molar-refractivity contribution < 1.29 is 8.23 Å². The van der Waals surface area contributed by atoms with Gasteiger partial charge >= 0.3 is 8.56 Å². The highest BCUT2D eigenvalue weighted by atomic mass is 28.4. The largest absolute Gasteiger partial charge is 0.442 e. The Labute approximate surface area is 94.3 Å². The van der Waals surface area contributed by atoms with E-state index in [-0.39, 0.29) is 9.76 Å². The lowest BCUT2D eigenvalue weighted by Crippen LogP contribution is -2.41. The van der Waals surface area contributed by atoms with E-state index >= 15 is 0 Å². The van der Waals surface area contributed by atoms with E-state index in [1.165, 1.54) is 12.1 Å². The second-order valence-corrected chi connectivity index (χ2v) is 14.4. The van der Waals surface area contributed by atoms with E-state index in [1.54, 1.807) is 0 Å². The van der Waals surface area contributed by atoms with Gasteiger partial charge in [-0.15, -0.1) is 0 Å². The van der Waals surface area contributed by atoms with Crippen molar-refractivity contribution in [1.82, 2.24) is 0 Å². The Kier molecular flexibility index (Phi) is 7.23. The predicted molar refractivity (Wildman–Crippen MR) is 71.4 cm³/mol. The smallest absolute Gasteiger partial charge is 0.310 e. The van der Waals surface area contributed by atoms with Crippen molar-refractivity contribution in [2.45, 2.75) is 58.4 Å². The second-order valence-electron chi connectivity index (χ2n) is 4.66. The Balaban J connectivity index is 3.91. The molecule has 0 aliphatic carbocycles. The molecule has 0 N–H and O–H groups in total. The standard InChI is InChI=1S/C9H26O2Si3/c1-7-13(8-2)11-14(5,6)10-12-9(3)4/h9,13H,7-8,12H2,1-6H3. The molecule has 0 aliphatic heterocycles. The first-order valence-electron chi connectivity index (χ1n) is 5.73. The minimum atomic E-state index is -1.75. The molecule has 0 aromatic rings. The van der Waals surface area contributed by atoms with Crippen molar-refractivity contribution >= 4 is 27.4 Å². The number of hydrogen-bond donors (Lipinski definition) is 0. The lowest BCUT2D eigenvalue weighted by molar-refractivity contribution is 0.412. The molecule has 0 unspecified atom stereocenters. The molecule has 0 aromatic heterocycles. The molecule has 0 aromatic carbocycles. The summed E-state index contributed by atoms with van der Waals surface area (Å²) in [6.45, 7) is 13.4. The molecule has 0 saturated heterocycles. The van der Waals surface area contributed by atoms with Crippen molar-refractivity contribution in [3.05, 3.63) is 0 Å². The summed E-state index contributed by atoms with van der Waals surface area (Å²) in [5.74, 6) is 0. The molecule has 2 nitrogen and oxygen atoms in total. The van der Waals surface area contributed by atoms with Crippen molar-refractivity contribution in [3.63, 3.8) is 0 Å². The summed E-state index contributed by atoms with van der Waals surface area (Å²) in [5, 5.41) is 0. The first-order valence-corrected chi connectivity index (χ1v) is 12.0. The van der Waals surface area contributed by atoms with E-state index in [9.17, 15) is 0 Å².